The van der Waals surface area contributed by atoms with E-state index in [1.807, 2.05) is 4.57 Å². The van der Waals surface area contributed by atoms with Gasteiger partial charge in [-0.3, -0.25) is 4.57 Å². The predicted molar refractivity (Wildman–Crippen MR) is 86.6 cm³/mol. The van der Waals surface area contributed by atoms with Crippen LogP contribution >= 0.6 is 11.6 Å². The summed E-state index contributed by atoms with van der Waals surface area (Å²) in [7, 11) is 0. The summed E-state index contributed by atoms with van der Waals surface area (Å²) in [6.07, 6.45) is 6.89. The van der Waals surface area contributed by atoms with E-state index in [4.69, 9.17) is 21.1 Å². The van der Waals surface area contributed by atoms with Gasteiger partial charge in [0.2, 0.25) is 5.28 Å². The van der Waals surface area contributed by atoms with Gasteiger partial charge in [-0.1, -0.05) is 0 Å². The molecular formula is C15H20ClN5O2. The maximum Gasteiger partial charge on any atom is 0.226 e. The van der Waals surface area contributed by atoms with Crippen molar-refractivity contribution in [2.24, 2.45) is 0 Å². The van der Waals surface area contributed by atoms with Crippen molar-refractivity contribution in [3.63, 3.8) is 0 Å². The highest BCUT2D eigenvalue weighted by Crippen LogP contribution is 2.29. The molecule has 8 heteroatoms. The first-order valence-corrected chi connectivity index (χ1v) is 8.55. The Bertz CT molecular complexity index is 680. The third-order valence-corrected chi connectivity index (χ3v) is 4.59. The monoisotopic (exact) mass is 337 g/mol. The minimum atomic E-state index is -0.0179. The van der Waals surface area contributed by atoms with Crippen molar-refractivity contribution in [2.75, 3.05) is 25.1 Å². The number of halogens is 1. The molecular weight excluding hydrogens is 318 g/mol. The van der Waals surface area contributed by atoms with Crippen LogP contribution in [0.2, 0.25) is 5.28 Å². The number of aromatic nitrogens is 4. The lowest BCUT2D eigenvalue weighted by molar-refractivity contribution is -0.0298. The van der Waals surface area contributed by atoms with Crippen LogP contribution < -0.4 is 5.32 Å². The van der Waals surface area contributed by atoms with Gasteiger partial charge in [0.1, 0.15) is 6.23 Å². The highest BCUT2D eigenvalue weighted by Gasteiger charge is 2.22. The van der Waals surface area contributed by atoms with Gasteiger partial charge in [-0.15, -0.1) is 0 Å². The standard InChI is InChI=1S/C15H20ClN5O2/c16-15-19-13(18-10-4-7-22-8-5-10)12-14(20-15)21(9-17-12)11-3-1-2-6-23-11/h9-11H,1-8H2,(H,18,19,20). The molecule has 0 aliphatic carbocycles. The van der Waals surface area contributed by atoms with Crippen molar-refractivity contribution >= 4 is 28.6 Å². The zero-order chi connectivity index (χ0) is 15.6. The molecule has 124 valence electrons. The Labute approximate surface area is 139 Å². The highest BCUT2D eigenvalue weighted by molar-refractivity contribution is 6.28. The number of hydrogen-bond acceptors (Lipinski definition) is 6. The maximum atomic E-state index is 6.14. The van der Waals surface area contributed by atoms with Crippen LogP contribution in [0.15, 0.2) is 6.33 Å². The molecule has 2 aliphatic heterocycles. The van der Waals surface area contributed by atoms with Crippen LogP contribution in [0.5, 0.6) is 0 Å². The summed E-state index contributed by atoms with van der Waals surface area (Å²) in [4.78, 5) is 13.2. The van der Waals surface area contributed by atoms with Crippen molar-refractivity contribution in [3.8, 4) is 0 Å². The lowest BCUT2D eigenvalue weighted by atomic mass is 10.1. The first-order chi connectivity index (χ1) is 11.3. The van der Waals surface area contributed by atoms with E-state index in [2.05, 4.69) is 20.3 Å². The molecule has 1 N–H and O–H groups in total. The Kier molecular flexibility index (Phi) is 4.33. The molecule has 23 heavy (non-hydrogen) atoms. The summed E-state index contributed by atoms with van der Waals surface area (Å²) in [5, 5.41) is 3.68. The van der Waals surface area contributed by atoms with Gasteiger partial charge in [-0.25, -0.2) is 4.98 Å². The number of anilines is 1. The van der Waals surface area contributed by atoms with Gasteiger partial charge < -0.3 is 14.8 Å². The molecule has 2 saturated heterocycles. The average molecular weight is 338 g/mol. The smallest absolute Gasteiger partial charge is 0.226 e. The predicted octanol–water partition coefficient (Wildman–Crippen LogP) is 2.77. The van der Waals surface area contributed by atoms with Crippen LogP contribution in [-0.4, -0.2) is 45.4 Å². The molecule has 7 nitrogen and oxygen atoms in total. The third kappa shape index (κ3) is 3.13. The van der Waals surface area contributed by atoms with E-state index in [0.29, 0.717) is 11.9 Å². The number of nitrogens with zero attached hydrogens (tertiary/aromatic N) is 4. The third-order valence-electron chi connectivity index (χ3n) is 4.42. The molecule has 2 aromatic heterocycles. The normalized spacial score (nSPS) is 23.3. The summed E-state index contributed by atoms with van der Waals surface area (Å²) in [5.74, 6) is 0.696. The molecule has 0 aromatic carbocycles. The van der Waals surface area contributed by atoms with E-state index in [1.54, 1.807) is 6.33 Å². The second-order valence-electron chi connectivity index (χ2n) is 6.02. The summed E-state index contributed by atoms with van der Waals surface area (Å²) in [6, 6.07) is 0.328. The Morgan fingerprint density at radius 1 is 1.13 bits per heavy atom. The number of hydrogen-bond donors (Lipinski definition) is 1. The van der Waals surface area contributed by atoms with Crippen LogP contribution in [0.1, 0.15) is 38.3 Å². The maximum absolute atomic E-state index is 6.14. The minimum Gasteiger partial charge on any atom is -0.381 e. The van der Waals surface area contributed by atoms with E-state index < -0.39 is 0 Å². The van der Waals surface area contributed by atoms with Crippen molar-refractivity contribution in [1.82, 2.24) is 19.5 Å². The molecule has 1 unspecified atom stereocenters. The lowest BCUT2D eigenvalue weighted by Crippen LogP contribution is -2.28. The Morgan fingerprint density at radius 3 is 2.78 bits per heavy atom. The summed E-state index contributed by atoms with van der Waals surface area (Å²) < 4.78 is 13.2. The van der Waals surface area contributed by atoms with E-state index >= 15 is 0 Å². The highest BCUT2D eigenvalue weighted by atomic mass is 35.5. The van der Waals surface area contributed by atoms with Gasteiger partial charge in [-0.2, -0.15) is 9.97 Å². The zero-order valence-electron chi connectivity index (χ0n) is 12.9. The second kappa shape index (κ2) is 6.59. The fourth-order valence-corrected chi connectivity index (χ4v) is 3.34. The SMILES string of the molecule is Clc1nc(NC2CCOCC2)c2ncn(C3CCCCO3)c2n1. The zero-order valence-corrected chi connectivity index (χ0v) is 13.6. The van der Waals surface area contributed by atoms with Crippen LogP contribution in [0, 0.1) is 0 Å². The van der Waals surface area contributed by atoms with Gasteiger partial charge in [0.05, 0.1) is 6.33 Å². The van der Waals surface area contributed by atoms with Crippen LogP contribution in [0.4, 0.5) is 5.82 Å². The number of ether oxygens (including phenoxy) is 2. The largest absolute Gasteiger partial charge is 0.381 e. The minimum absolute atomic E-state index is 0.0179. The van der Waals surface area contributed by atoms with Gasteiger partial charge >= 0.3 is 0 Å². The molecule has 0 bridgehead atoms. The van der Waals surface area contributed by atoms with Gasteiger partial charge in [-0.05, 0) is 43.7 Å². The first-order valence-electron chi connectivity index (χ1n) is 8.17. The second-order valence-corrected chi connectivity index (χ2v) is 6.36. The van der Waals surface area contributed by atoms with E-state index in [9.17, 15) is 0 Å². The molecule has 4 heterocycles. The molecule has 2 aliphatic rings. The first kappa shape index (κ1) is 15.1. The molecule has 0 saturated carbocycles. The van der Waals surface area contributed by atoms with Crippen molar-refractivity contribution < 1.29 is 9.47 Å². The molecule has 0 amide bonds. The number of rotatable bonds is 3. The average Bonchev–Trinajstić information content (AvgIpc) is 3.00. The van der Waals surface area contributed by atoms with Crippen LogP contribution in [0.3, 0.4) is 0 Å². The summed E-state index contributed by atoms with van der Waals surface area (Å²) in [6.45, 7) is 2.31. The summed E-state index contributed by atoms with van der Waals surface area (Å²) in [5.41, 5.74) is 1.47. The lowest BCUT2D eigenvalue weighted by Gasteiger charge is -2.24. The molecule has 0 radical (unpaired) electrons. The van der Waals surface area contributed by atoms with E-state index in [1.165, 1.54) is 0 Å². The van der Waals surface area contributed by atoms with Crippen LogP contribution in [-0.2, 0) is 9.47 Å². The molecule has 2 aromatic rings. The molecule has 1 atom stereocenters. The Balaban J connectivity index is 1.66. The fraction of sp³-hybridized carbons (Fsp3) is 0.667. The Hall–Kier alpha value is -1.44. The molecule has 2 fully saturated rings. The van der Waals surface area contributed by atoms with Crippen molar-refractivity contribution in [3.05, 3.63) is 11.6 Å². The topological polar surface area (TPSA) is 74.1 Å². The van der Waals surface area contributed by atoms with Gasteiger partial charge in [0, 0.05) is 25.9 Å². The fourth-order valence-electron chi connectivity index (χ4n) is 3.18. The number of imidazole rings is 1. The molecule has 4 rings (SSSR count). The van der Waals surface area contributed by atoms with Crippen molar-refractivity contribution in [2.45, 2.75) is 44.4 Å². The molecule has 0 spiro atoms. The Morgan fingerprint density at radius 2 is 2.00 bits per heavy atom. The summed E-state index contributed by atoms with van der Waals surface area (Å²) >= 11 is 6.14. The number of fused-ring (bicyclic) bond motifs is 1. The number of nitrogens with one attached hydrogen (secondary N) is 1. The van der Waals surface area contributed by atoms with Crippen LogP contribution in [0.25, 0.3) is 11.2 Å². The van der Waals surface area contributed by atoms with E-state index in [-0.39, 0.29) is 11.5 Å². The quantitative estimate of drug-likeness (QED) is 0.868. The van der Waals surface area contributed by atoms with E-state index in [0.717, 1.165) is 63.1 Å². The van der Waals surface area contributed by atoms with Gasteiger partial charge in [0.15, 0.2) is 17.0 Å². The van der Waals surface area contributed by atoms with Gasteiger partial charge in [0.25, 0.3) is 0 Å². The van der Waals surface area contributed by atoms with Crippen molar-refractivity contribution in [1.29, 1.82) is 0 Å².